The molecule has 0 saturated carbocycles. The van der Waals surface area contributed by atoms with E-state index in [1.54, 1.807) is 24.3 Å². The summed E-state index contributed by atoms with van der Waals surface area (Å²) in [5.74, 6) is 0.303. The number of nitrogens with zero attached hydrogens (tertiary/aromatic N) is 5. The van der Waals surface area contributed by atoms with E-state index in [9.17, 15) is 18.3 Å². The number of para-hydroxylation sites is 1. The van der Waals surface area contributed by atoms with Crippen LogP contribution in [0, 0.1) is 0 Å². The number of phenolic OH excluding ortho intramolecular Hbond substituents is 1. The number of phenols is 1. The zero-order valence-corrected chi connectivity index (χ0v) is 16.3. The van der Waals surface area contributed by atoms with Gasteiger partial charge in [0.1, 0.15) is 23.0 Å². The fourth-order valence-corrected chi connectivity index (χ4v) is 4.16. The van der Waals surface area contributed by atoms with Crippen LogP contribution in [0.25, 0.3) is 28.1 Å². The molecule has 4 aromatic rings. The lowest BCUT2D eigenvalue weighted by Crippen LogP contribution is -2.38. The number of alkyl halides is 3. The van der Waals surface area contributed by atoms with Gasteiger partial charge in [0.05, 0.1) is 0 Å². The molecular formula is C21H19F3N6O. The molecule has 7 nitrogen and oxygen atoms in total. The maximum atomic E-state index is 14.0. The maximum Gasteiger partial charge on any atom is 0.408 e. The summed E-state index contributed by atoms with van der Waals surface area (Å²) in [6.45, 7) is 0.465. The van der Waals surface area contributed by atoms with E-state index in [4.69, 9.17) is 5.73 Å². The largest absolute Gasteiger partial charge is 0.506 e. The van der Waals surface area contributed by atoms with Gasteiger partial charge < -0.3 is 10.8 Å². The van der Waals surface area contributed by atoms with Crippen molar-refractivity contribution in [2.75, 3.05) is 13.1 Å². The van der Waals surface area contributed by atoms with Gasteiger partial charge in [0, 0.05) is 30.7 Å². The van der Waals surface area contributed by atoms with Gasteiger partial charge in [0.15, 0.2) is 11.5 Å². The van der Waals surface area contributed by atoms with E-state index in [2.05, 4.69) is 15.2 Å². The molecule has 0 radical (unpaired) electrons. The molecule has 2 unspecified atom stereocenters. The molecule has 0 spiro atoms. The van der Waals surface area contributed by atoms with Gasteiger partial charge in [0.25, 0.3) is 0 Å². The van der Waals surface area contributed by atoms with E-state index in [-0.39, 0.29) is 30.4 Å². The first-order valence-corrected chi connectivity index (χ1v) is 9.81. The molecule has 2 atom stereocenters. The summed E-state index contributed by atoms with van der Waals surface area (Å²) in [7, 11) is 0. The number of likely N-dealkylation sites (tertiary alicyclic amines) is 1. The molecule has 1 aliphatic heterocycles. The lowest BCUT2D eigenvalue weighted by molar-refractivity contribution is -0.183. The molecule has 5 rings (SSSR count). The summed E-state index contributed by atoms with van der Waals surface area (Å²) in [5, 5.41) is 19.0. The third-order valence-electron chi connectivity index (χ3n) is 5.60. The Labute approximate surface area is 174 Å². The number of rotatable bonds is 3. The minimum Gasteiger partial charge on any atom is -0.506 e. The Kier molecular flexibility index (Phi) is 4.56. The van der Waals surface area contributed by atoms with Gasteiger partial charge in [-0.05, 0) is 30.2 Å². The highest BCUT2D eigenvalue weighted by atomic mass is 19.4. The second kappa shape index (κ2) is 7.17. The molecule has 1 aliphatic rings. The number of benzene rings is 1. The van der Waals surface area contributed by atoms with Crippen molar-refractivity contribution in [1.82, 2.24) is 24.5 Å². The molecule has 1 fully saturated rings. The van der Waals surface area contributed by atoms with Crippen LogP contribution in [0.15, 0.2) is 48.7 Å². The number of aromatic hydroxyl groups is 1. The minimum absolute atomic E-state index is 0.0105. The smallest absolute Gasteiger partial charge is 0.408 e. The molecule has 0 bridgehead atoms. The molecule has 1 aromatic carbocycles. The lowest BCUT2D eigenvalue weighted by atomic mass is 10.1. The van der Waals surface area contributed by atoms with E-state index < -0.39 is 12.2 Å². The molecule has 0 amide bonds. The summed E-state index contributed by atoms with van der Waals surface area (Å²) >= 11 is 0. The van der Waals surface area contributed by atoms with Gasteiger partial charge in [-0.2, -0.15) is 13.2 Å². The highest BCUT2D eigenvalue weighted by Crippen LogP contribution is 2.39. The maximum absolute atomic E-state index is 14.0. The quantitative estimate of drug-likeness (QED) is 0.520. The molecule has 160 valence electrons. The first kappa shape index (κ1) is 19.7. The molecule has 3 aromatic heterocycles. The number of fused-ring (bicyclic) bond motifs is 2. The first-order valence-electron chi connectivity index (χ1n) is 9.81. The summed E-state index contributed by atoms with van der Waals surface area (Å²) in [4.78, 5) is 5.82. The number of hydrogen-bond acceptors (Lipinski definition) is 6. The third kappa shape index (κ3) is 3.47. The molecule has 10 heteroatoms. The molecular weight excluding hydrogens is 409 g/mol. The highest BCUT2D eigenvalue weighted by Gasteiger charge is 2.46. The van der Waals surface area contributed by atoms with Crippen molar-refractivity contribution in [3.8, 4) is 17.3 Å². The van der Waals surface area contributed by atoms with Gasteiger partial charge in [-0.3, -0.25) is 9.30 Å². The first-order chi connectivity index (χ1) is 14.8. The van der Waals surface area contributed by atoms with Crippen LogP contribution in [0.4, 0.5) is 13.2 Å². The summed E-state index contributed by atoms with van der Waals surface area (Å²) < 4.78 is 43.5. The molecule has 0 aliphatic carbocycles. The zero-order valence-electron chi connectivity index (χ0n) is 16.3. The van der Waals surface area contributed by atoms with Crippen LogP contribution >= 0.6 is 0 Å². The average molecular weight is 428 g/mol. The van der Waals surface area contributed by atoms with Crippen molar-refractivity contribution in [2.24, 2.45) is 5.73 Å². The second-order valence-corrected chi connectivity index (χ2v) is 7.75. The van der Waals surface area contributed by atoms with E-state index in [1.165, 1.54) is 33.7 Å². The predicted molar refractivity (Wildman–Crippen MR) is 108 cm³/mol. The van der Waals surface area contributed by atoms with Crippen LogP contribution in [0.1, 0.15) is 18.0 Å². The Morgan fingerprint density at radius 2 is 1.94 bits per heavy atom. The van der Waals surface area contributed by atoms with Crippen LogP contribution < -0.4 is 5.73 Å². The number of hydrogen-bond donors (Lipinski definition) is 2. The summed E-state index contributed by atoms with van der Waals surface area (Å²) in [6, 6.07) is 9.41. The number of nitrogens with two attached hydrogens (primary N) is 1. The molecule has 3 N–H and O–H groups in total. The van der Waals surface area contributed by atoms with Gasteiger partial charge >= 0.3 is 6.18 Å². The third-order valence-corrected chi connectivity index (χ3v) is 5.60. The van der Waals surface area contributed by atoms with Crippen molar-refractivity contribution in [2.45, 2.75) is 24.7 Å². The Morgan fingerprint density at radius 1 is 1.10 bits per heavy atom. The topological polar surface area (TPSA) is 92.6 Å². The van der Waals surface area contributed by atoms with E-state index in [1.807, 2.05) is 0 Å². The second-order valence-electron chi connectivity index (χ2n) is 7.75. The molecule has 31 heavy (non-hydrogen) atoms. The number of halogens is 3. The molecule has 4 heterocycles. The van der Waals surface area contributed by atoms with Gasteiger partial charge in [-0.25, -0.2) is 4.98 Å². The van der Waals surface area contributed by atoms with Crippen molar-refractivity contribution >= 4 is 16.6 Å². The van der Waals surface area contributed by atoms with Crippen molar-refractivity contribution in [3.05, 3.63) is 54.2 Å². The number of pyridine rings is 2. The standard InChI is InChI=1S/C21H19F3N6O/c22-21(23,24)19(29-9-8-14(25)11-29)13-5-7-17-27-28-20(30(17)10-13)15-6-4-12-2-1-3-16(31)18(12)26-15/h1-7,10,14,19,31H,8-9,11,25H2. The van der Waals surface area contributed by atoms with Crippen LogP contribution in [0.2, 0.25) is 0 Å². The van der Waals surface area contributed by atoms with E-state index in [0.717, 1.165) is 5.39 Å². The lowest BCUT2D eigenvalue weighted by Gasteiger charge is -2.30. The predicted octanol–water partition coefficient (Wildman–Crippen LogP) is 3.29. The summed E-state index contributed by atoms with van der Waals surface area (Å²) in [5.41, 5.74) is 7.11. The van der Waals surface area contributed by atoms with Crippen LogP contribution in [-0.2, 0) is 0 Å². The number of aromatic nitrogens is 4. The van der Waals surface area contributed by atoms with Gasteiger partial charge in [-0.15, -0.1) is 10.2 Å². The van der Waals surface area contributed by atoms with Crippen LogP contribution in [0.5, 0.6) is 5.75 Å². The van der Waals surface area contributed by atoms with Crippen molar-refractivity contribution < 1.29 is 18.3 Å². The van der Waals surface area contributed by atoms with Crippen molar-refractivity contribution in [3.63, 3.8) is 0 Å². The average Bonchev–Trinajstić information content (AvgIpc) is 3.33. The Bertz CT molecular complexity index is 1270. The molecule has 1 saturated heterocycles. The van der Waals surface area contributed by atoms with E-state index >= 15 is 0 Å². The van der Waals surface area contributed by atoms with Crippen molar-refractivity contribution in [1.29, 1.82) is 0 Å². The Morgan fingerprint density at radius 3 is 2.68 bits per heavy atom. The van der Waals surface area contributed by atoms with E-state index in [0.29, 0.717) is 29.1 Å². The van der Waals surface area contributed by atoms with Gasteiger partial charge in [-0.1, -0.05) is 24.3 Å². The Balaban J connectivity index is 1.62. The fraction of sp³-hybridized carbons (Fsp3) is 0.286. The SMILES string of the molecule is NC1CCN(C(c2ccc3nnc(-c4ccc5cccc(O)c5n4)n3c2)C(F)(F)F)C1. The summed E-state index contributed by atoms with van der Waals surface area (Å²) in [6.07, 6.45) is -2.53. The van der Waals surface area contributed by atoms with Crippen LogP contribution in [0.3, 0.4) is 0 Å². The fourth-order valence-electron chi connectivity index (χ4n) is 4.16. The Hall–Kier alpha value is -3.24. The van der Waals surface area contributed by atoms with Gasteiger partial charge in [0.2, 0.25) is 0 Å². The van der Waals surface area contributed by atoms with Crippen LogP contribution in [-0.4, -0.2) is 54.9 Å². The monoisotopic (exact) mass is 428 g/mol. The highest BCUT2D eigenvalue weighted by molar-refractivity contribution is 5.86. The minimum atomic E-state index is -4.46. The normalized spacial score (nSPS) is 18.8. The zero-order chi connectivity index (χ0) is 21.8.